The van der Waals surface area contributed by atoms with E-state index in [9.17, 15) is 8.42 Å². The van der Waals surface area contributed by atoms with E-state index in [0.29, 0.717) is 66.1 Å². The first-order chi connectivity index (χ1) is 69.2. The Morgan fingerprint density at radius 3 is 1.23 bits per heavy atom. The third-order valence-corrected chi connectivity index (χ3v) is 36.2. The maximum Gasteiger partial charge on any atom is 0.263 e. The number of sulfone groups is 2. The number of pyridine rings is 3. The second-order valence-electron chi connectivity index (χ2n) is 40.3. The molecule has 666 valence electrons. The predicted octanol–water partition coefficient (Wildman–Crippen LogP) is 30.2. The first kappa shape index (κ1) is 79.6. The van der Waals surface area contributed by atoms with Crippen LogP contribution in [-0.2, 0) is 30.5 Å². The van der Waals surface area contributed by atoms with E-state index in [1.165, 1.54) is 22.3 Å². The molecule has 0 bridgehead atoms. The van der Waals surface area contributed by atoms with Crippen LogP contribution in [0.15, 0.2) is 422 Å². The van der Waals surface area contributed by atoms with E-state index in [0.717, 1.165) is 198 Å². The van der Waals surface area contributed by atoms with E-state index in [1.807, 2.05) is 142 Å². The summed E-state index contributed by atoms with van der Waals surface area (Å²) in [5, 5.41) is 14.4. The Labute approximate surface area is 811 Å². The van der Waals surface area contributed by atoms with Gasteiger partial charge in [0.25, 0.3) is 16.7 Å². The molecule has 0 saturated heterocycles. The van der Waals surface area contributed by atoms with E-state index < -0.39 is 25.1 Å². The third-order valence-electron chi connectivity index (χ3n) is 32.4. The zero-order valence-corrected chi connectivity index (χ0v) is 78.5. The minimum absolute atomic E-state index is 0.0703. The second kappa shape index (κ2) is 27.5. The van der Waals surface area contributed by atoms with Gasteiger partial charge in [0.1, 0.15) is 0 Å². The zero-order chi connectivity index (χ0) is 94.6. The van der Waals surface area contributed by atoms with E-state index in [1.54, 1.807) is 22.6 Å². The van der Waals surface area contributed by atoms with Crippen LogP contribution in [0.25, 0.3) is 264 Å². The Bertz CT molecular complexity index is 11100. The Hall–Kier alpha value is -17.5. The van der Waals surface area contributed by atoms with Gasteiger partial charge in [-0.1, -0.05) is 276 Å². The van der Waals surface area contributed by atoms with Crippen molar-refractivity contribution in [3.63, 3.8) is 0 Å². The minimum Gasteiger partial charge on any atom is -0.309 e. The topological polar surface area (TPSA) is 138 Å². The van der Waals surface area contributed by atoms with Gasteiger partial charge < -0.3 is 4.57 Å². The van der Waals surface area contributed by atoms with Crippen LogP contribution >= 0.6 is 0 Å². The summed E-state index contributed by atoms with van der Waals surface area (Å²) in [5.41, 5.74) is 29.4. The SMILES string of the molecule is CC1(C)c2ccccc2-c2ccc(-c3cc4c5ccccc5c(=O)n5c6ccc(-c7ccc8c(c7)C(C)(C)c7c-8ccc(-c8ccc9c(c8)c(=O)n8c%10cc%11c(cc%10c%10cc(-c%12ccccc%12)cc9c%108)c8ccccc8n%11-c8ccccc8)c7-c7cccc8c7S(=O)(=O)c7cc(-c9cc%10c%11ccccc%11c(=O)n%11c%12ccc(-c%13ccc%14c(c%13)S(=O)(=O)c%13ccccc%13-%14)cc%12c(c9)c%10%11)ccc7-8)cc6c(c3)c45)cc21. The second-order valence-corrected chi connectivity index (χ2v) is 44.0. The van der Waals surface area contributed by atoms with Crippen LogP contribution in [0.1, 0.15) is 49.9 Å². The minimum atomic E-state index is -4.47. The fraction of sp³-hybridized carbons (Fsp3) is 0.0465. The molecule has 0 atom stereocenters. The van der Waals surface area contributed by atoms with Crippen LogP contribution in [0.5, 0.6) is 0 Å². The fourth-order valence-electron chi connectivity index (χ4n) is 26.0. The van der Waals surface area contributed by atoms with Gasteiger partial charge in [-0.25, -0.2) is 16.8 Å². The maximum atomic E-state index is 17.1. The average Bonchev–Trinajstić information content (AvgIpc) is 1.04. The third kappa shape index (κ3) is 10.3. The van der Waals surface area contributed by atoms with E-state index >= 15 is 22.8 Å². The van der Waals surface area contributed by atoms with Crippen molar-refractivity contribution in [1.29, 1.82) is 0 Å². The van der Waals surface area contributed by atoms with Crippen molar-refractivity contribution in [2.45, 2.75) is 58.1 Å². The number of hydrogen-bond donors (Lipinski definition) is 0. The van der Waals surface area contributed by atoms with Crippen molar-refractivity contribution in [2.24, 2.45) is 0 Å². The summed E-state index contributed by atoms with van der Waals surface area (Å²) in [6.45, 7) is 9.15. The Kier molecular flexibility index (Phi) is 15.4. The number of nitrogens with zero attached hydrogens (tertiary/aromatic N) is 4. The Morgan fingerprint density at radius 2 is 0.592 bits per heavy atom. The highest BCUT2D eigenvalue weighted by Crippen LogP contribution is 2.61. The highest BCUT2D eigenvalue weighted by Gasteiger charge is 2.44. The molecule has 2 aliphatic carbocycles. The van der Waals surface area contributed by atoms with E-state index in [-0.39, 0.29) is 41.7 Å². The monoisotopic (exact) mass is 1860 g/mol. The molecule has 0 N–H and O–H groups in total. The lowest BCUT2D eigenvalue weighted by atomic mass is 9.76. The van der Waals surface area contributed by atoms with Gasteiger partial charge in [-0.3, -0.25) is 27.6 Å². The summed E-state index contributed by atoms with van der Waals surface area (Å²) in [6, 6.07) is 132. The smallest absolute Gasteiger partial charge is 0.263 e. The summed E-state index contributed by atoms with van der Waals surface area (Å²) in [6.07, 6.45) is 0. The lowest BCUT2D eigenvalue weighted by Gasteiger charge is -2.27. The predicted molar refractivity (Wildman–Crippen MR) is 579 cm³/mol. The number of fused-ring (bicyclic) bond motifs is 30. The molecule has 0 fully saturated rings. The number of benzene rings is 20. The molecule has 2 aliphatic heterocycles. The van der Waals surface area contributed by atoms with Crippen molar-refractivity contribution in [1.82, 2.24) is 17.8 Å². The van der Waals surface area contributed by atoms with E-state index in [4.69, 9.17) is 0 Å². The molecule has 13 heteroatoms. The summed E-state index contributed by atoms with van der Waals surface area (Å²) in [5.74, 6) is 0. The summed E-state index contributed by atoms with van der Waals surface area (Å²) < 4.78 is 70.6. The van der Waals surface area contributed by atoms with Crippen molar-refractivity contribution >= 4 is 155 Å². The molecule has 0 spiro atoms. The summed E-state index contributed by atoms with van der Waals surface area (Å²) >= 11 is 0. The first-order valence-corrected chi connectivity index (χ1v) is 51.1. The van der Waals surface area contributed by atoms with Crippen molar-refractivity contribution in [2.75, 3.05) is 0 Å². The highest BCUT2D eigenvalue weighted by atomic mass is 32.2. The molecule has 31 rings (SSSR count). The van der Waals surface area contributed by atoms with Crippen LogP contribution in [0.3, 0.4) is 0 Å². The molecule has 0 unspecified atom stereocenters. The molecule has 0 saturated carbocycles. The normalized spacial score (nSPS) is 14.5. The maximum absolute atomic E-state index is 17.1. The molecular formula is C129H76N4O7S2. The van der Waals surface area contributed by atoms with Crippen LogP contribution in [0.2, 0.25) is 0 Å². The molecule has 0 radical (unpaired) electrons. The van der Waals surface area contributed by atoms with Gasteiger partial charge in [0.2, 0.25) is 19.7 Å². The molecular weight excluding hydrogens is 1780 g/mol. The fourth-order valence-corrected chi connectivity index (χ4v) is 29.6. The van der Waals surface area contributed by atoms with Crippen LogP contribution in [0, 0.1) is 0 Å². The van der Waals surface area contributed by atoms with Crippen molar-refractivity contribution < 1.29 is 16.8 Å². The van der Waals surface area contributed by atoms with Crippen molar-refractivity contribution in [3.8, 4) is 128 Å². The van der Waals surface area contributed by atoms with Gasteiger partial charge in [-0.2, -0.15) is 0 Å². The van der Waals surface area contributed by atoms with Gasteiger partial charge >= 0.3 is 0 Å². The molecule has 27 aromatic rings. The number of hydrogen-bond acceptors (Lipinski definition) is 7. The lowest BCUT2D eigenvalue weighted by molar-refractivity contribution is 0.597. The quantitative estimate of drug-likeness (QED) is 0.138. The molecule has 4 aliphatic rings. The molecule has 142 heavy (non-hydrogen) atoms. The lowest BCUT2D eigenvalue weighted by Crippen LogP contribution is -2.17. The molecule has 0 amide bonds. The number of aromatic nitrogens is 4. The standard InChI is InChI=1S/C129H76N4O7S2/c1-128(2)108-35-18-15-28-85(108)86-46-39-73(64-109(86)128)78-59-101-82-26-11-13-31-94(82)125(134)131-112-52-43-70(54-97(112)104(61-78)121(101)131)72-38-47-87-92-51-50-81(76-42-45-84-103-57-77(69-22-7-5-8-23-69)58-106-100-67-99-88-29-16-19-36-111(88)130(80-24-9-6-10-25-80)114(99)68-115(100)133(123(103)106)127(136)107(84)56-76)119(120(92)129(3,4)110(87)63-72)96-34-21-33-93-91-49-41-75(66-118(91)142(139,140)124(93)96)79-60-102-83-27-12-14-32-95(83)126(135)132-113-53-44-71(55-98(113)105(62-79)122(102)132)74-40-48-90-89-30-17-20-37-116(89)141(137,138)117(90)65-74/h5-68H,1-4H3. The van der Waals surface area contributed by atoms with Gasteiger partial charge in [-0.15, -0.1) is 0 Å². The Morgan fingerprint density at radius 1 is 0.204 bits per heavy atom. The molecule has 9 heterocycles. The van der Waals surface area contributed by atoms with Gasteiger partial charge in [0.15, 0.2) is 0 Å². The zero-order valence-electron chi connectivity index (χ0n) is 76.9. The van der Waals surface area contributed by atoms with Gasteiger partial charge in [-0.05, 0) is 273 Å². The summed E-state index contributed by atoms with van der Waals surface area (Å²) in [7, 11) is -8.28. The van der Waals surface area contributed by atoms with E-state index in [2.05, 4.69) is 269 Å². The van der Waals surface area contributed by atoms with Gasteiger partial charge in [0, 0.05) is 120 Å². The first-order valence-electron chi connectivity index (χ1n) is 48.2. The van der Waals surface area contributed by atoms with Crippen LogP contribution in [0.4, 0.5) is 0 Å². The largest absolute Gasteiger partial charge is 0.309 e. The average molecular weight is 1860 g/mol. The van der Waals surface area contributed by atoms with Crippen LogP contribution in [-0.4, -0.2) is 34.6 Å². The van der Waals surface area contributed by atoms with Crippen molar-refractivity contribution in [3.05, 3.63) is 442 Å². The highest BCUT2D eigenvalue weighted by molar-refractivity contribution is 7.92. The summed E-state index contributed by atoms with van der Waals surface area (Å²) in [4.78, 5) is 48.0. The number of rotatable bonds is 8. The number of para-hydroxylation sites is 2. The van der Waals surface area contributed by atoms with Crippen LogP contribution < -0.4 is 16.7 Å². The molecule has 11 nitrogen and oxygen atoms in total. The molecule has 20 aromatic carbocycles. The molecule has 7 aromatic heterocycles. The van der Waals surface area contributed by atoms with Gasteiger partial charge in [0.05, 0.1) is 63.7 Å². The Balaban J connectivity index is 0.601.